The van der Waals surface area contributed by atoms with Crippen LogP contribution in [0.2, 0.25) is 0 Å². The average molecular weight is 407 g/mol. The van der Waals surface area contributed by atoms with Gasteiger partial charge in [-0.3, -0.25) is 9.59 Å². The minimum absolute atomic E-state index is 0.0301. The SMILES string of the molecule is CC(C)[C@H](S)C(=O)NC1(C(=O)N[C@@H](CCc2ccccc2)C(=O)O)CCCC1. The van der Waals surface area contributed by atoms with Crippen molar-refractivity contribution in [2.45, 2.75) is 69.2 Å². The Labute approximate surface area is 171 Å². The topological polar surface area (TPSA) is 95.5 Å². The molecule has 1 aliphatic carbocycles. The normalized spacial score (nSPS) is 17.7. The molecule has 7 heteroatoms. The number of hydrogen-bond donors (Lipinski definition) is 4. The van der Waals surface area contributed by atoms with Crippen LogP contribution in [0.1, 0.15) is 51.5 Å². The van der Waals surface area contributed by atoms with Gasteiger partial charge >= 0.3 is 5.97 Å². The second-order valence-electron chi connectivity index (χ2n) is 7.86. The van der Waals surface area contributed by atoms with Gasteiger partial charge in [0.05, 0.1) is 5.25 Å². The zero-order valence-corrected chi connectivity index (χ0v) is 17.4. The Hall–Kier alpha value is -2.02. The van der Waals surface area contributed by atoms with E-state index < -0.39 is 28.7 Å². The third kappa shape index (κ3) is 5.74. The Bertz CT molecular complexity index is 687. The first-order valence-corrected chi connectivity index (χ1v) is 10.3. The van der Waals surface area contributed by atoms with Gasteiger partial charge in [-0.2, -0.15) is 12.6 Å². The van der Waals surface area contributed by atoms with E-state index in [1.54, 1.807) is 0 Å². The van der Waals surface area contributed by atoms with E-state index in [2.05, 4.69) is 23.3 Å². The van der Waals surface area contributed by atoms with Gasteiger partial charge in [0.15, 0.2) is 0 Å². The molecule has 0 bridgehead atoms. The summed E-state index contributed by atoms with van der Waals surface area (Å²) in [4.78, 5) is 37.2. The van der Waals surface area contributed by atoms with Crippen LogP contribution in [0.3, 0.4) is 0 Å². The van der Waals surface area contributed by atoms with Crippen LogP contribution in [0.5, 0.6) is 0 Å². The summed E-state index contributed by atoms with van der Waals surface area (Å²) in [6, 6.07) is 8.55. The van der Waals surface area contributed by atoms with Gasteiger partial charge in [-0.25, -0.2) is 4.79 Å². The van der Waals surface area contributed by atoms with E-state index in [4.69, 9.17) is 0 Å². The zero-order valence-electron chi connectivity index (χ0n) is 16.5. The largest absolute Gasteiger partial charge is 0.480 e. The third-order valence-electron chi connectivity index (χ3n) is 5.32. The smallest absolute Gasteiger partial charge is 0.326 e. The van der Waals surface area contributed by atoms with Gasteiger partial charge in [0, 0.05) is 0 Å². The van der Waals surface area contributed by atoms with Gasteiger partial charge in [-0.15, -0.1) is 0 Å². The zero-order chi connectivity index (χ0) is 20.7. The van der Waals surface area contributed by atoms with Gasteiger partial charge in [-0.05, 0) is 37.2 Å². The lowest BCUT2D eigenvalue weighted by Crippen LogP contribution is -2.61. The van der Waals surface area contributed by atoms with Gasteiger partial charge in [0.25, 0.3) is 0 Å². The molecule has 2 rings (SSSR count). The van der Waals surface area contributed by atoms with Crippen molar-refractivity contribution in [2.75, 3.05) is 0 Å². The van der Waals surface area contributed by atoms with Crippen LogP contribution < -0.4 is 10.6 Å². The van der Waals surface area contributed by atoms with E-state index in [-0.39, 0.29) is 18.2 Å². The summed E-state index contributed by atoms with van der Waals surface area (Å²) >= 11 is 4.34. The van der Waals surface area contributed by atoms with Crippen LogP contribution in [0, 0.1) is 5.92 Å². The Kier molecular flexibility index (Phi) is 7.92. The summed E-state index contributed by atoms with van der Waals surface area (Å²) in [6.45, 7) is 3.78. The van der Waals surface area contributed by atoms with Crippen LogP contribution in [0.15, 0.2) is 30.3 Å². The van der Waals surface area contributed by atoms with E-state index in [9.17, 15) is 19.5 Å². The molecule has 0 aliphatic heterocycles. The molecular formula is C21H30N2O4S. The average Bonchev–Trinajstić information content (AvgIpc) is 3.14. The predicted octanol–water partition coefficient (Wildman–Crippen LogP) is 2.57. The minimum Gasteiger partial charge on any atom is -0.480 e. The van der Waals surface area contributed by atoms with E-state index in [0.29, 0.717) is 19.3 Å². The number of nitrogens with one attached hydrogen (secondary N) is 2. The highest BCUT2D eigenvalue weighted by molar-refractivity contribution is 7.81. The maximum absolute atomic E-state index is 13.0. The number of aliphatic carboxylic acids is 1. The summed E-state index contributed by atoms with van der Waals surface area (Å²) < 4.78 is 0. The standard InChI is InChI=1S/C21H30N2O4S/c1-14(2)17(28)18(24)23-21(12-6-7-13-21)20(27)22-16(19(25)26)11-10-15-8-4-3-5-9-15/h3-5,8-9,14,16-17,28H,6-7,10-13H2,1-2H3,(H,22,27)(H,23,24)(H,25,26)/t16-,17-/m0/s1. The van der Waals surface area contributed by atoms with Crippen molar-refractivity contribution < 1.29 is 19.5 Å². The Morgan fingerprint density at radius 3 is 2.29 bits per heavy atom. The minimum atomic E-state index is -1.07. The first-order valence-electron chi connectivity index (χ1n) is 9.83. The second kappa shape index (κ2) is 9.96. The molecule has 0 heterocycles. The molecule has 1 aliphatic rings. The monoisotopic (exact) mass is 406 g/mol. The Morgan fingerprint density at radius 2 is 1.75 bits per heavy atom. The maximum atomic E-state index is 13.0. The summed E-state index contributed by atoms with van der Waals surface area (Å²) in [5, 5.41) is 14.6. The third-order valence-corrected chi connectivity index (χ3v) is 6.15. The fraction of sp³-hybridized carbons (Fsp3) is 0.571. The molecule has 0 unspecified atom stereocenters. The number of rotatable bonds is 9. The number of carboxylic acid groups (broad SMARTS) is 1. The molecule has 154 valence electrons. The van der Waals surface area contributed by atoms with Gasteiger partial charge in [0.1, 0.15) is 11.6 Å². The molecule has 0 aromatic heterocycles. The highest BCUT2D eigenvalue weighted by Crippen LogP contribution is 2.31. The maximum Gasteiger partial charge on any atom is 0.326 e. The molecule has 1 saturated carbocycles. The van der Waals surface area contributed by atoms with Crippen molar-refractivity contribution in [1.82, 2.24) is 10.6 Å². The van der Waals surface area contributed by atoms with Crippen LogP contribution in [0.25, 0.3) is 0 Å². The molecule has 0 spiro atoms. The number of thiol groups is 1. The number of aryl methyl sites for hydroxylation is 1. The molecule has 0 radical (unpaired) electrons. The quantitative estimate of drug-likeness (QED) is 0.474. The molecule has 1 fully saturated rings. The van der Waals surface area contributed by atoms with E-state index in [0.717, 1.165) is 18.4 Å². The highest BCUT2D eigenvalue weighted by atomic mass is 32.1. The number of benzene rings is 1. The Morgan fingerprint density at radius 1 is 1.14 bits per heavy atom. The number of carbonyl (C=O) groups is 3. The molecule has 0 saturated heterocycles. The molecule has 2 amide bonds. The van der Waals surface area contributed by atoms with Crippen molar-refractivity contribution in [3.8, 4) is 0 Å². The molecule has 28 heavy (non-hydrogen) atoms. The lowest BCUT2D eigenvalue weighted by Gasteiger charge is -2.32. The van der Waals surface area contributed by atoms with Gasteiger partial charge in [-0.1, -0.05) is 57.0 Å². The van der Waals surface area contributed by atoms with Crippen molar-refractivity contribution >= 4 is 30.4 Å². The summed E-state index contributed by atoms with van der Waals surface area (Å²) in [6.07, 6.45) is 3.48. The van der Waals surface area contributed by atoms with Gasteiger partial charge in [0.2, 0.25) is 11.8 Å². The lowest BCUT2D eigenvalue weighted by molar-refractivity contribution is -0.143. The summed E-state index contributed by atoms with van der Waals surface area (Å²) in [5.41, 5.74) is -0.0327. The fourth-order valence-corrected chi connectivity index (χ4v) is 3.57. The Balaban J connectivity index is 2.06. The molecule has 2 atom stereocenters. The van der Waals surface area contributed by atoms with Crippen molar-refractivity contribution in [1.29, 1.82) is 0 Å². The van der Waals surface area contributed by atoms with Crippen molar-refractivity contribution in [2.24, 2.45) is 5.92 Å². The van der Waals surface area contributed by atoms with Crippen molar-refractivity contribution in [3.05, 3.63) is 35.9 Å². The first-order chi connectivity index (χ1) is 13.2. The van der Waals surface area contributed by atoms with E-state index >= 15 is 0 Å². The summed E-state index contributed by atoms with van der Waals surface area (Å²) in [7, 11) is 0. The van der Waals surface area contributed by atoms with E-state index in [1.165, 1.54) is 0 Å². The van der Waals surface area contributed by atoms with Crippen molar-refractivity contribution in [3.63, 3.8) is 0 Å². The molecule has 6 nitrogen and oxygen atoms in total. The van der Waals surface area contributed by atoms with Crippen LogP contribution in [-0.2, 0) is 20.8 Å². The molecule has 3 N–H and O–H groups in total. The van der Waals surface area contributed by atoms with E-state index in [1.807, 2.05) is 44.2 Å². The van der Waals surface area contributed by atoms with Crippen LogP contribution in [0.4, 0.5) is 0 Å². The summed E-state index contributed by atoms with van der Waals surface area (Å²) in [5.74, 6) is -1.74. The highest BCUT2D eigenvalue weighted by Gasteiger charge is 2.44. The van der Waals surface area contributed by atoms with Crippen LogP contribution >= 0.6 is 12.6 Å². The number of amides is 2. The predicted molar refractivity (Wildman–Crippen MR) is 111 cm³/mol. The van der Waals surface area contributed by atoms with Gasteiger partial charge < -0.3 is 15.7 Å². The molecular weight excluding hydrogens is 376 g/mol. The number of carbonyl (C=O) groups excluding carboxylic acids is 2. The number of hydrogen-bond acceptors (Lipinski definition) is 4. The fourth-order valence-electron chi connectivity index (χ4n) is 3.51. The second-order valence-corrected chi connectivity index (χ2v) is 8.41. The molecule has 1 aromatic rings. The van der Waals surface area contributed by atoms with Crippen LogP contribution in [-0.4, -0.2) is 39.7 Å². The lowest BCUT2D eigenvalue weighted by atomic mass is 9.94. The number of carboxylic acids is 1. The first kappa shape index (κ1) is 22.3. The molecule has 1 aromatic carbocycles.